The first kappa shape index (κ1) is 6.99. The first-order valence-electron chi connectivity index (χ1n) is 3.43. The maximum absolute atomic E-state index is 8.60. The van der Waals surface area contributed by atoms with Gasteiger partial charge in [-0.15, -0.1) is 0 Å². The monoisotopic (exact) mass is 130 g/mol. The Morgan fingerprint density at radius 2 is 2.44 bits per heavy atom. The summed E-state index contributed by atoms with van der Waals surface area (Å²) in [4.78, 5) is 2.23. The number of aliphatic hydroxyl groups excluding tert-OH is 1. The molecule has 0 aliphatic carbocycles. The van der Waals surface area contributed by atoms with Gasteiger partial charge in [-0.05, 0) is 19.5 Å². The summed E-state index contributed by atoms with van der Waals surface area (Å²) in [5, 5.41) is 8.60. The summed E-state index contributed by atoms with van der Waals surface area (Å²) in [6.07, 6.45) is 1.05. The van der Waals surface area contributed by atoms with Crippen molar-refractivity contribution in [3.05, 3.63) is 0 Å². The molecule has 1 aliphatic rings. The first-order valence-corrected chi connectivity index (χ1v) is 3.43. The van der Waals surface area contributed by atoms with E-state index < -0.39 is 0 Å². The lowest BCUT2D eigenvalue weighted by Crippen LogP contribution is -2.11. The van der Waals surface area contributed by atoms with Gasteiger partial charge in [0.25, 0.3) is 0 Å². The number of nitrogens with zero attached hydrogens (tertiary/aromatic N) is 1. The lowest BCUT2D eigenvalue weighted by molar-refractivity contribution is 0.273. The molecule has 2 atom stereocenters. The van der Waals surface area contributed by atoms with E-state index in [9.17, 15) is 0 Å². The van der Waals surface area contributed by atoms with Crippen LogP contribution >= 0.6 is 0 Å². The van der Waals surface area contributed by atoms with Gasteiger partial charge in [0.15, 0.2) is 0 Å². The molecule has 9 heavy (non-hydrogen) atoms. The van der Waals surface area contributed by atoms with Gasteiger partial charge in [0, 0.05) is 12.6 Å². The Morgan fingerprint density at radius 1 is 1.67 bits per heavy atom. The van der Waals surface area contributed by atoms with E-state index in [-0.39, 0.29) is 0 Å². The van der Waals surface area contributed by atoms with E-state index in [4.69, 9.17) is 10.8 Å². The van der Waals surface area contributed by atoms with Crippen molar-refractivity contribution < 1.29 is 5.11 Å². The van der Waals surface area contributed by atoms with Gasteiger partial charge < -0.3 is 10.8 Å². The zero-order valence-electron chi connectivity index (χ0n) is 5.58. The Kier molecular flexibility index (Phi) is 2.45. The van der Waals surface area contributed by atoms with Crippen LogP contribution < -0.4 is 5.73 Å². The number of nitrogens with two attached hydrogens (primary N) is 1. The molecule has 3 nitrogen and oxygen atoms in total. The normalized spacial score (nSPS) is 32.7. The highest BCUT2D eigenvalue weighted by atomic mass is 16.3. The van der Waals surface area contributed by atoms with Crippen LogP contribution in [0.2, 0.25) is 0 Å². The van der Waals surface area contributed by atoms with Crippen LogP contribution in [0.5, 0.6) is 0 Å². The highest BCUT2D eigenvalue weighted by Gasteiger charge is 2.31. The van der Waals surface area contributed by atoms with Crippen LogP contribution in [-0.4, -0.2) is 42.3 Å². The maximum atomic E-state index is 8.60. The van der Waals surface area contributed by atoms with Gasteiger partial charge in [0.1, 0.15) is 0 Å². The van der Waals surface area contributed by atoms with Gasteiger partial charge in [0.2, 0.25) is 0 Å². The molecule has 2 unspecified atom stereocenters. The number of rotatable bonds is 4. The Balaban J connectivity index is 1.92. The molecule has 1 aliphatic heterocycles. The molecule has 0 bridgehead atoms. The lowest BCUT2D eigenvalue weighted by atomic mass is 10.4. The summed E-state index contributed by atoms with van der Waals surface area (Å²) < 4.78 is 0. The van der Waals surface area contributed by atoms with E-state index in [1.54, 1.807) is 0 Å². The summed E-state index contributed by atoms with van der Waals surface area (Å²) >= 11 is 0. The average molecular weight is 130 g/mol. The third-order valence-corrected chi connectivity index (χ3v) is 1.69. The maximum Gasteiger partial charge on any atom is 0.0599 e. The predicted octanol–water partition coefficient (Wildman–Crippen LogP) is -0.988. The standard InChI is InChI=1S/C6H14N2O/c7-2-1-3-8-4-6(8)5-9/h6,9H,1-5,7H2. The summed E-state index contributed by atoms with van der Waals surface area (Å²) in [5.74, 6) is 0. The van der Waals surface area contributed by atoms with E-state index in [2.05, 4.69) is 4.90 Å². The van der Waals surface area contributed by atoms with Crippen molar-refractivity contribution in [1.82, 2.24) is 4.90 Å². The molecule has 1 heterocycles. The third kappa shape index (κ3) is 1.93. The second kappa shape index (κ2) is 3.15. The van der Waals surface area contributed by atoms with Crippen molar-refractivity contribution in [2.75, 3.05) is 26.2 Å². The Morgan fingerprint density at radius 3 is 2.89 bits per heavy atom. The molecule has 0 spiro atoms. The van der Waals surface area contributed by atoms with E-state index >= 15 is 0 Å². The first-order chi connectivity index (χ1) is 4.38. The fraction of sp³-hybridized carbons (Fsp3) is 1.00. The smallest absolute Gasteiger partial charge is 0.0599 e. The number of aliphatic hydroxyl groups is 1. The average Bonchev–Trinajstić information content (AvgIpc) is 2.62. The van der Waals surface area contributed by atoms with Crippen molar-refractivity contribution in [3.8, 4) is 0 Å². The van der Waals surface area contributed by atoms with Crippen molar-refractivity contribution in [1.29, 1.82) is 0 Å². The number of hydrogen-bond donors (Lipinski definition) is 2. The molecule has 0 radical (unpaired) electrons. The fourth-order valence-corrected chi connectivity index (χ4v) is 0.965. The van der Waals surface area contributed by atoms with Gasteiger partial charge in [-0.3, -0.25) is 4.90 Å². The minimum absolute atomic E-state index is 0.310. The SMILES string of the molecule is NCCCN1CC1CO. The van der Waals surface area contributed by atoms with Gasteiger partial charge in [-0.25, -0.2) is 0 Å². The third-order valence-electron chi connectivity index (χ3n) is 1.69. The largest absolute Gasteiger partial charge is 0.395 e. The molecule has 54 valence electrons. The van der Waals surface area contributed by atoms with Crippen LogP contribution in [0.1, 0.15) is 6.42 Å². The van der Waals surface area contributed by atoms with Gasteiger partial charge in [-0.1, -0.05) is 0 Å². The van der Waals surface area contributed by atoms with Crippen LogP contribution in [-0.2, 0) is 0 Å². The summed E-state index contributed by atoms with van der Waals surface area (Å²) in [5.41, 5.74) is 5.30. The summed E-state index contributed by atoms with van der Waals surface area (Å²) in [6.45, 7) is 3.19. The minimum atomic E-state index is 0.310. The lowest BCUT2D eigenvalue weighted by Gasteiger charge is -1.97. The van der Waals surface area contributed by atoms with Crippen molar-refractivity contribution >= 4 is 0 Å². The van der Waals surface area contributed by atoms with Crippen molar-refractivity contribution in [3.63, 3.8) is 0 Å². The Hall–Kier alpha value is -0.120. The van der Waals surface area contributed by atoms with Gasteiger partial charge >= 0.3 is 0 Å². The quantitative estimate of drug-likeness (QED) is 0.480. The van der Waals surface area contributed by atoms with E-state index in [0.717, 1.165) is 26.1 Å². The zero-order chi connectivity index (χ0) is 6.69. The van der Waals surface area contributed by atoms with Crippen LogP contribution in [0.3, 0.4) is 0 Å². The molecule has 0 saturated carbocycles. The number of hydrogen-bond acceptors (Lipinski definition) is 3. The van der Waals surface area contributed by atoms with Gasteiger partial charge in [0.05, 0.1) is 6.61 Å². The van der Waals surface area contributed by atoms with Crippen LogP contribution in [0.15, 0.2) is 0 Å². The second-order valence-electron chi connectivity index (χ2n) is 2.47. The molecule has 3 heteroatoms. The Bertz CT molecular complexity index is 87.1. The molecule has 1 fully saturated rings. The molecule has 3 N–H and O–H groups in total. The van der Waals surface area contributed by atoms with Crippen LogP contribution in [0.4, 0.5) is 0 Å². The van der Waals surface area contributed by atoms with Crippen molar-refractivity contribution in [2.45, 2.75) is 12.5 Å². The molecule has 0 aromatic heterocycles. The van der Waals surface area contributed by atoms with E-state index in [1.807, 2.05) is 0 Å². The van der Waals surface area contributed by atoms with Crippen LogP contribution in [0.25, 0.3) is 0 Å². The minimum Gasteiger partial charge on any atom is -0.395 e. The van der Waals surface area contributed by atoms with E-state index in [1.165, 1.54) is 0 Å². The molecule has 0 amide bonds. The highest BCUT2D eigenvalue weighted by Crippen LogP contribution is 2.15. The fourth-order valence-electron chi connectivity index (χ4n) is 0.965. The predicted molar refractivity (Wildman–Crippen MR) is 36.1 cm³/mol. The molecule has 0 aromatic rings. The molecule has 0 aromatic carbocycles. The molecule has 1 rings (SSSR count). The molecular weight excluding hydrogens is 116 g/mol. The second-order valence-corrected chi connectivity index (χ2v) is 2.47. The summed E-state index contributed by atoms with van der Waals surface area (Å²) in [7, 11) is 0. The highest BCUT2D eigenvalue weighted by molar-refractivity contribution is 4.87. The van der Waals surface area contributed by atoms with E-state index in [0.29, 0.717) is 12.6 Å². The zero-order valence-corrected chi connectivity index (χ0v) is 5.58. The Labute approximate surface area is 55.5 Å². The summed E-state index contributed by atoms with van der Waals surface area (Å²) in [6, 6.07) is 0.455. The topological polar surface area (TPSA) is 49.3 Å². The molecule has 1 saturated heterocycles. The molecular formula is C6H14N2O. The van der Waals surface area contributed by atoms with Crippen LogP contribution in [0, 0.1) is 0 Å². The van der Waals surface area contributed by atoms with Crippen molar-refractivity contribution in [2.24, 2.45) is 5.73 Å². The van der Waals surface area contributed by atoms with Gasteiger partial charge in [-0.2, -0.15) is 0 Å².